The van der Waals surface area contributed by atoms with E-state index in [0.717, 1.165) is 67.5 Å². The van der Waals surface area contributed by atoms with Crippen LogP contribution < -0.4 is 41.9 Å². The maximum absolute atomic E-state index is 11.0. The molecule has 0 bridgehead atoms. The summed E-state index contributed by atoms with van der Waals surface area (Å²) < 4.78 is 23.2. The van der Waals surface area contributed by atoms with E-state index < -0.39 is 72.5 Å². The van der Waals surface area contributed by atoms with Crippen LogP contribution in [0.5, 0.6) is 46.0 Å². The topological polar surface area (TPSA) is 423 Å². The molecular formula is C84H80N8O16. The molecule has 24 heteroatoms. The highest BCUT2D eigenvalue weighted by atomic mass is 16.5. The molecule has 0 aliphatic rings. The lowest BCUT2D eigenvalue weighted by atomic mass is 10.1. The number of hydrogen-bond acceptors (Lipinski definition) is 20. The molecule has 0 aliphatic heterocycles. The Morgan fingerprint density at radius 2 is 0.389 bits per heavy atom. The molecule has 4 heterocycles. The normalized spacial score (nSPS) is 13.0. The van der Waals surface area contributed by atoms with Crippen molar-refractivity contribution in [3.8, 4) is 91.0 Å². The third-order valence-corrected chi connectivity index (χ3v) is 16.3. The van der Waals surface area contributed by atoms with Gasteiger partial charge in [-0.05, 0) is 222 Å². The average molecular weight is 1460 g/mol. The summed E-state index contributed by atoms with van der Waals surface area (Å²) in [5.41, 5.74) is 30.9. The first-order valence-electron chi connectivity index (χ1n) is 33.6. The molecule has 24 nitrogen and oxygen atoms in total. The van der Waals surface area contributed by atoms with Crippen molar-refractivity contribution < 1.29 is 79.0 Å². The SMILES string of the molecule is Cc1ccc(Oc2ccc(-c3cccc([C@@H](O)[C@H](O)C(N)=O)n3)cc2)cc1.Cc1ccc(Oc2ccc(-c3cccc([C@@H](O)[C@H](O)C(N)=O)n3)cc2)cc1.Cc1ccc(Oc2ccc(-c3cccc([C@H](O)[C@@H](O)C(N)=O)n3)cc2)cc1.Cc1ccc(Oc2ccc(-c3cccc([C@H](O)[C@@H](O)C(N)=O)n3)cc2)cc1. The zero-order valence-corrected chi connectivity index (χ0v) is 59.0. The molecule has 4 aromatic heterocycles. The van der Waals surface area contributed by atoms with Crippen molar-refractivity contribution in [1.82, 2.24) is 19.9 Å². The number of aryl methyl sites for hydroxylation is 4. The quantitative estimate of drug-likeness (QED) is 0.0267. The molecule has 0 saturated heterocycles. The molecule has 0 fully saturated rings. The van der Waals surface area contributed by atoms with E-state index in [-0.39, 0.29) is 22.8 Å². The van der Waals surface area contributed by atoms with E-state index in [0.29, 0.717) is 45.8 Å². The summed E-state index contributed by atoms with van der Waals surface area (Å²) in [6.07, 6.45) is -12.8. The second-order valence-electron chi connectivity index (χ2n) is 24.7. The maximum Gasteiger partial charge on any atom is 0.249 e. The lowest BCUT2D eigenvalue weighted by Crippen LogP contribution is -2.34. The lowest BCUT2D eigenvalue weighted by Gasteiger charge is -2.15. The van der Waals surface area contributed by atoms with E-state index in [1.807, 2.05) is 222 Å². The molecule has 8 atom stereocenters. The lowest BCUT2D eigenvalue weighted by molar-refractivity contribution is -0.132. The molecule has 552 valence electrons. The van der Waals surface area contributed by atoms with E-state index in [9.17, 15) is 60.0 Å². The first kappa shape index (κ1) is 79.2. The Bertz CT molecular complexity index is 4320. The van der Waals surface area contributed by atoms with Crippen LogP contribution in [0.15, 0.2) is 267 Å². The molecule has 4 amide bonds. The molecule has 0 unspecified atom stereocenters. The summed E-state index contributed by atoms with van der Waals surface area (Å²) in [4.78, 5) is 61.4. The van der Waals surface area contributed by atoms with Crippen molar-refractivity contribution in [3.63, 3.8) is 0 Å². The van der Waals surface area contributed by atoms with Gasteiger partial charge in [-0.25, -0.2) is 19.9 Å². The van der Waals surface area contributed by atoms with E-state index in [4.69, 9.17) is 41.9 Å². The van der Waals surface area contributed by atoms with Crippen molar-refractivity contribution in [2.45, 2.75) is 76.5 Å². The summed E-state index contributed by atoms with van der Waals surface area (Å²) in [5.74, 6) is 1.69. The van der Waals surface area contributed by atoms with E-state index >= 15 is 0 Å². The molecular weight excluding hydrogens is 1380 g/mol. The van der Waals surface area contributed by atoms with Crippen LogP contribution in [-0.4, -0.2) is 109 Å². The van der Waals surface area contributed by atoms with Crippen LogP contribution in [0.2, 0.25) is 0 Å². The number of aliphatic hydroxyl groups is 8. The number of ether oxygens (including phenoxy) is 4. The van der Waals surface area contributed by atoms with E-state index in [1.54, 1.807) is 48.5 Å². The zero-order valence-electron chi connectivity index (χ0n) is 59.0. The molecule has 0 spiro atoms. The maximum atomic E-state index is 11.0. The van der Waals surface area contributed by atoms with Gasteiger partial charge in [0.2, 0.25) is 23.6 Å². The number of primary amides is 4. The largest absolute Gasteiger partial charge is 0.457 e. The van der Waals surface area contributed by atoms with Gasteiger partial charge in [0.1, 0.15) is 70.4 Å². The van der Waals surface area contributed by atoms with Gasteiger partial charge in [-0.3, -0.25) is 19.2 Å². The van der Waals surface area contributed by atoms with Gasteiger partial charge in [-0.1, -0.05) is 95.1 Å². The van der Waals surface area contributed by atoms with Gasteiger partial charge in [0.05, 0.1) is 45.6 Å². The van der Waals surface area contributed by atoms with Crippen LogP contribution in [-0.2, 0) is 19.2 Å². The molecule has 0 saturated carbocycles. The Morgan fingerprint density at radius 1 is 0.241 bits per heavy atom. The summed E-state index contributed by atoms with van der Waals surface area (Å²) in [6.45, 7) is 8.05. The fourth-order valence-corrected chi connectivity index (χ4v) is 10.1. The number of benzene rings is 8. The number of nitrogens with zero attached hydrogens (tertiary/aromatic N) is 4. The first-order chi connectivity index (χ1) is 51.7. The molecule has 8 aromatic carbocycles. The number of aromatic nitrogens is 4. The van der Waals surface area contributed by atoms with Crippen LogP contribution in [0.3, 0.4) is 0 Å². The van der Waals surface area contributed by atoms with Gasteiger partial charge < -0.3 is 82.7 Å². The van der Waals surface area contributed by atoms with Crippen molar-refractivity contribution in [2.75, 3.05) is 0 Å². The molecule has 0 aliphatic carbocycles. The number of hydrogen-bond donors (Lipinski definition) is 12. The Labute approximate surface area is 622 Å². The van der Waals surface area contributed by atoms with Crippen LogP contribution >= 0.6 is 0 Å². The number of aliphatic hydroxyl groups excluding tert-OH is 8. The minimum Gasteiger partial charge on any atom is -0.457 e. The minimum absolute atomic E-state index is 0.166. The van der Waals surface area contributed by atoms with Crippen molar-refractivity contribution in [3.05, 3.63) is 312 Å². The van der Waals surface area contributed by atoms with Gasteiger partial charge in [-0.15, -0.1) is 0 Å². The van der Waals surface area contributed by atoms with Crippen molar-refractivity contribution in [2.24, 2.45) is 22.9 Å². The average Bonchev–Trinajstić information content (AvgIpc) is 0.843. The van der Waals surface area contributed by atoms with E-state index in [2.05, 4.69) is 19.9 Å². The Kier molecular flexibility index (Phi) is 27.7. The van der Waals surface area contributed by atoms with Crippen LogP contribution in [0.1, 0.15) is 69.4 Å². The number of carbonyl (C=O) groups excluding carboxylic acids is 4. The van der Waals surface area contributed by atoms with E-state index in [1.165, 1.54) is 24.3 Å². The Balaban J connectivity index is 0.000000166. The summed E-state index contributed by atoms with van der Waals surface area (Å²) >= 11 is 0. The molecule has 16 N–H and O–H groups in total. The molecule has 108 heavy (non-hydrogen) atoms. The van der Waals surface area contributed by atoms with Gasteiger partial charge in [0, 0.05) is 22.3 Å². The first-order valence-corrected chi connectivity index (χ1v) is 33.6. The van der Waals surface area contributed by atoms with Crippen molar-refractivity contribution >= 4 is 23.6 Å². The van der Waals surface area contributed by atoms with Gasteiger partial charge in [-0.2, -0.15) is 0 Å². The van der Waals surface area contributed by atoms with Crippen LogP contribution in [0, 0.1) is 27.7 Å². The number of nitrogens with two attached hydrogens (primary N) is 4. The van der Waals surface area contributed by atoms with Gasteiger partial charge in [0.25, 0.3) is 0 Å². The monoisotopic (exact) mass is 1460 g/mol. The predicted octanol–water partition coefficient (Wildman–Crippen LogP) is 10.9. The van der Waals surface area contributed by atoms with Gasteiger partial charge >= 0.3 is 0 Å². The minimum atomic E-state index is -1.71. The fourth-order valence-electron chi connectivity index (χ4n) is 10.1. The number of carbonyl (C=O) groups is 4. The number of amides is 4. The van der Waals surface area contributed by atoms with Crippen LogP contribution in [0.4, 0.5) is 0 Å². The Hall–Kier alpha value is -12.9. The third-order valence-electron chi connectivity index (χ3n) is 16.3. The van der Waals surface area contributed by atoms with Gasteiger partial charge in [0.15, 0.2) is 24.4 Å². The highest BCUT2D eigenvalue weighted by Crippen LogP contribution is 2.32. The highest BCUT2D eigenvalue weighted by molar-refractivity contribution is 5.81. The van der Waals surface area contributed by atoms with Crippen LogP contribution in [0.25, 0.3) is 45.0 Å². The summed E-state index contributed by atoms with van der Waals surface area (Å²) in [7, 11) is 0. The number of pyridine rings is 4. The van der Waals surface area contributed by atoms with Crippen molar-refractivity contribution in [1.29, 1.82) is 0 Å². The zero-order chi connectivity index (χ0) is 77.6. The fraction of sp³-hybridized carbons (Fsp3) is 0.143. The Morgan fingerprint density at radius 3 is 0.537 bits per heavy atom. The number of rotatable bonds is 24. The smallest absolute Gasteiger partial charge is 0.249 e. The standard InChI is InChI=1S/4C21H20N2O4/c4*1-13-5-9-15(10-6-13)27-16-11-7-14(8-12-16)17-3-2-4-18(23-17)19(24)20(25)21(22)26/h4*2-12,19-20,24-25H,1H3,(H2,22,26)/t4*19-,20+/m1100/s1. The second kappa shape index (κ2) is 37.7. The summed E-state index contributed by atoms with van der Waals surface area (Å²) in [6, 6.07) is 80.2. The molecule has 12 rings (SSSR count). The highest BCUT2D eigenvalue weighted by Gasteiger charge is 2.28. The molecule has 12 aromatic rings. The predicted molar refractivity (Wildman–Crippen MR) is 404 cm³/mol. The second-order valence-corrected chi connectivity index (χ2v) is 24.7. The summed E-state index contributed by atoms with van der Waals surface area (Å²) in [5, 5.41) is 78.6. The molecule has 0 radical (unpaired) electrons. The third kappa shape index (κ3) is 22.6.